The van der Waals surface area contributed by atoms with Gasteiger partial charge in [-0.05, 0) is 86.2 Å². The maximum absolute atomic E-state index is 11.1. The van der Waals surface area contributed by atoms with Crippen LogP contribution >= 0.6 is 22.7 Å². The Labute approximate surface area is 230 Å². The predicted molar refractivity (Wildman–Crippen MR) is 159 cm³/mol. The Morgan fingerprint density at radius 2 is 1.18 bits per heavy atom. The fourth-order valence-electron chi connectivity index (χ4n) is 4.07. The van der Waals surface area contributed by atoms with Crippen LogP contribution in [0.1, 0.15) is 16.0 Å². The van der Waals surface area contributed by atoms with E-state index in [2.05, 4.69) is 109 Å². The Bertz CT molecular complexity index is 1610. The molecular formula is C32H24N2O2S2. The first-order chi connectivity index (χ1) is 18.4. The third-order valence-electron chi connectivity index (χ3n) is 6.09. The van der Waals surface area contributed by atoms with E-state index in [-0.39, 0.29) is 5.70 Å². The van der Waals surface area contributed by atoms with Crippen molar-refractivity contribution < 1.29 is 9.90 Å². The van der Waals surface area contributed by atoms with E-state index in [0.29, 0.717) is 0 Å². The van der Waals surface area contributed by atoms with E-state index in [0.717, 1.165) is 42.1 Å². The van der Waals surface area contributed by atoms with Crippen molar-refractivity contribution in [2.45, 2.75) is 13.8 Å². The largest absolute Gasteiger partial charge is 0.486 e. The number of nitrogens with zero attached hydrogens (tertiary/aromatic N) is 2. The second-order valence-corrected chi connectivity index (χ2v) is 11.1. The molecule has 0 aliphatic rings. The predicted octanol–water partition coefficient (Wildman–Crippen LogP) is 9.58. The average Bonchev–Trinajstić information content (AvgIpc) is 3.60. The highest BCUT2D eigenvalue weighted by molar-refractivity contribution is 7.24. The van der Waals surface area contributed by atoms with Crippen LogP contribution in [0.4, 0.5) is 17.1 Å². The average molecular weight is 533 g/mol. The molecule has 0 saturated heterocycles. The zero-order chi connectivity index (χ0) is 26.6. The number of aliphatic carboxylic acids is 1. The van der Waals surface area contributed by atoms with Gasteiger partial charge in [-0.15, -0.1) is 22.7 Å². The Kier molecular flexibility index (Phi) is 7.23. The minimum absolute atomic E-state index is 0.282. The molecule has 6 heteroatoms. The minimum atomic E-state index is -1.21. The Morgan fingerprint density at radius 1 is 0.711 bits per heavy atom. The molecule has 0 fully saturated rings. The fraction of sp³-hybridized carbons (Fsp3) is 0.0625. The smallest absolute Gasteiger partial charge is 0.333 e. The van der Waals surface area contributed by atoms with E-state index < -0.39 is 5.97 Å². The zero-order valence-electron chi connectivity index (χ0n) is 20.9. The van der Waals surface area contributed by atoms with Crippen molar-refractivity contribution in [2.75, 3.05) is 4.90 Å². The lowest BCUT2D eigenvalue weighted by Crippen LogP contribution is -2.09. The van der Waals surface area contributed by atoms with Crippen molar-refractivity contribution in [3.8, 4) is 20.2 Å². The number of thiophene rings is 2. The molecule has 4 nitrogen and oxygen atoms in total. The van der Waals surface area contributed by atoms with Gasteiger partial charge in [-0.2, -0.15) is 0 Å². The molecule has 5 rings (SSSR count). The van der Waals surface area contributed by atoms with Gasteiger partial charge in [0.25, 0.3) is 5.70 Å². The summed E-state index contributed by atoms with van der Waals surface area (Å²) >= 11 is 3.17. The summed E-state index contributed by atoms with van der Waals surface area (Å²) in [4.78, 5) is 20.6. The number of benzene rings is 3. The number of hydrogen-bond acceptors (Lipinski definition) is 4. The summed E-state index contributed by atoms with van der Waals surface area (Å²) < 4.78 is 0. The maximum atomic E-state index is 11.1. The van der Waals surface area contributed by atoms with Crippen LogP contribution in [0.15, 0.2) is 103 Å². The van der Waals surface area contributed by atoms with Gasteiger partial charge in [-0.25, -0.2) is 4.85 Å². The van der Waals surface area contributed by atoms with Gasteiger partial charge in [0, 0.05) is 36.6 Å². The normalized spacial score (nSPS) is 11.2. The molecule has 0 radical (unpaired) electrons. The quantitative estimate of drug-likeness (QED) is 0.168. The van der Waals surface area contributed by atoms with E-state index in [4.69, 9.17) is 11.7 Å². The van der Waals surface area contributed by atoms with E-state index >= 15 is 0 Å². The molecule has 0 aliphatic carbocycles. The molecule has 186 valence electrons. The number of rotatable bonds is 7. The van der Waals surface area contributed by atoms with Crippen LogP contribution < -0.4 is 4.90 Å². The molecule has 3 aromatic carbocycles. The molecule has 0 saturated carbocycles. The van der Waals surface area contributed by atoms with Gasteiger partial charge in [0.2, 0.25) is 0 Å². The van der Waals surface area contributed by atoms with E-state index in [1.165, 1.54) is 28.5 Å². The number of aryl methyl sites for hydroxylation is 2. The van der Waals surface area contributed by atoms with Gasteiger partial charge in [-0.1, -0.05) is 47.5 Å². The SMILES string of the molecule is [C-]#[N+]/C(=C\c1ccc(-c2ccc(-c3ccc(N(c4ccc(C)cc4)c4ccc(C)cc4)cc3)s2)s1)C(=O)O. The van der Waals surface area contributed by atoms with Crippen LogP contribution in [0.3, 0.4) is 0 Å². The lowest BCUT2D eigenvalue weighted by atomic mass is 10.1. The van der Waals surface area contributed by atoms with Crippen molar-refractivity contribution in [1.29, 1.82) is 0 Å². The molecule has 0 spiro atoms. The van der Waals surface area contributed by atoms with Crippen molar-refractivity contribution in [2.24, 2.45) is 0 Å². The molecule has 38 heavy (non-hydrogen) atoms. The van der Waals surface area contributed by atoms with E-state index in [1.807, 2.05) is 12.1 Å². The topological polar surface area (TPSA) is 44.9 Å². The molecular weight excluding hydrogens is 508 g/mol. The van der Waals surface area contributed by atoms with Crippen LogP contribution in [0.2, 0.25) is 0 Å². The Balaban J connectivity index is 1.42. The van der Waals surface area contributed by atoms with Gasteiger partial charge in [-0.3, -0.25) is 4.79 Å². The second kappa shape index (κ2) is 10.9. The number of carboxylic acids is 1. The lowest BCUT2D eigenvalue weighted by Gasteiger charge is -2.26. The third-order valence-corrected chi connectivity index (χ3v) is 8.45. The van der Waals surface area contributed by atoms with Crippen molar-refractivity contribution >= 4 is 51.8 Å². The van der Waals surface area contributed by atoms with Crippen molar-refractivity contribution in [3.05, 3.63) is 130 Å². The highest BCUT2D eigenvalue weighted by Gasteiger charge is 2.14. The summed E-state index contributed by atoms with van der Waals surface area (Å²) in [6.45, 7) is 11.2. The molecule has 5 aromatic rings. The van der Waals surface area contributed by atoms with Crippen molar-refractivity contribution in [3.63, 3.8) is 0 Å². The standard InChI is InChI=1S/C32H24N2O2S2/c1-21-4-10-24(11-5-21)34(25-12-6-22(2)7-13-25)26-14-8-23(9-15-26)29-18-19-31(38-29)30-17-16-27(37-30)20-28(33-3)32(35)36/h4-20H,1-2H3,(H,35,36)/b28-20-. The summed E-state index contributed by atoms with van der Waals surface area (Å²) in [5.41, 5.74) is 6.61. The number of carboxylic acid groups (broad SMARTS) is 1. The van der Waals surface area contributed by atoms with Crippen LogP contribution in [-0.4, -0.2) is 11.1 Å². The molecule has 0 unspecified atom stereocenters. The zero-order valence-corrected chi connectivity index (χ0v) is 22.5. The van der Waals surface area contributed by atoms with Gasteiger partial charge in [0.15, 0.2) is 0 Å². The third kappa shape index (κ3) is 5.45. The van der Waals surface area contributed by atoms with Gasteiger partial charge in [0.1, 0.15) is 0 Å². The lowest BCUT2D eigenvalue weighted by molar-refractivity contribution is -0.132. The number of carbonyl (C=O) groups is 1. The number of hydrogen-bond donors (Lipinski definition) is 1. The van der Waals surface area contributed by atoms with E-state index in [9.17, 15) is 4.79 Å². The highest BCUT2D eigenvalue weighted by atomic mass is 32.1. The second-order valence-electron chi connectivity index (χ2n) is 8.87. The summed E-state index contributed by atoms with van der Waals surface area (Å²) in [5.74, 6) is -1.21. The van der Waals surface area contributed by atoms with Gasteiger partial charge in [0.05, 0.1) is 6.57 Å². The maximum Gasteiger partial charge on any atom is 0.333 e. The molecule has 1 N–H and O–H groups in total. The minimum Gasteiger partial charge on any atom is -0.486 e. The van der Waals surface area contributed by atoms with Crippen LogP contribution in [0.5, 0.6) is 0 Å². The summed E-state index contributed by atoms with van der Waals surface area (Å²) in [6, 6.07) is 33.8. The number of anilines is 3. The fourth-order valence-corrected chi connectivity index (χ4v) is 6.12. The molecule has 0 amide bonds. The van der Waals surface area contributed by atoms with Crippen LogP contribution in [-0.2, 0) is 4.79 Å². The monoisotopic (exact) mass is 532 g/mol. The van der Waals surface area contributed by atoms with Gasteiger partial charge < -0.3 is 10.0 Å². The Morgan fingerprint density at radius 3 is 1.71 bits per heavy atom. The van der Waals surface area contributed by atoms with Crippen LogP contribution in [0.25, 0.3) is 31.1 Å². The summed E-state index contributed by atoms with van der Waals surface area (Å²) in [5, 5.41) is 9.11. The Hall–Kier alpha value is -4.44. The molecule has 0 atom stereocenters. The highest BCUT2D eigenvalue weighted by Crippen LogP contribution is 2.40. The first-order valence-corrected chi connectivity index (χ1v) is 13.6. The molecule has 2 aromatic heterocycles. The van der Waals surface area contributed by atoms with Gasteiger partial charge >= 0.3 is 5.97 Å². The molecule has 0 bridgehead atoms. The van der Waals surface area contributed by atoms with E-state index in [1.54, 1.807) is 11.3 Å². The first kappa shape index (κ1) is 25.2. The first-order valence-electron chi connectivity index (χ1n) is 12.0. The molecule has 2 heterocycles. The molecule has 0 aliphatic heterocycles. The summed E-state index contributed by atoms with van der Waals surface area (Å²) in [7, 11) is 0. The van der Waals surface area contributed by atoms with Crippen molar-refractivity contribution in [1.82, 2.24) is 0 Å². The summed E-state index contributed by atoms with van der Waals surface area (Å²) in [6.07, 6.45) is 1.42. The van der Waals surface area contributed by atoms with Crippen LogP contribution in [0, 0.1) is 20.4 Å².